The molecule has 0 radical (unpaired) electrons. The van der Waals surface area contributed by atoms with E-state index in [0.717, 1.165) is 28.1 Å². The molecular weight excluding hydrogens is 410 g/mol. The number of benzene rings is 3. The summed E-state index contributed by atoms with van der Waals surface area (Å²) in [6.45, 7) is 0.514. The van der Waals surface area contributed by atoms with Crippen LogP contribution >= 0.6 is 0 Å². The molecule has 0 saturated heterocycles. The third-order valence-electron chi connectivity index (χ3n) is 4.77. The van der Waals surface area contributed by atoms with Crippen LogP contribution < -0.4 is 9.47 Å². The molecule has 0 aliphatic rings. The number of rotatable bonds is 8. The van der Waals surface area contributed by atoms with Crippen molar-refractivity contribution in [2.45, 2.75) is 6.61 Å². The first kappa shape index (κ1) is 21.8. The van der Waals surface area contributed by atoms with E-state index in [2.05, 4.69) is 4.98 Å². The summed E-state index contributed by atoms with van der Waals surface area (Å²) in [6.07, 6.45) is 8.77. The lowest BCUT2D eigenvalue weighted by molar-refractivity contribution is -0.128. The Morgan fingerprint density at radius 2 is 1.36 bits per heavy atom. The van der Waals surface area contributed by atoms with Gasteiger partial charge in [0, 0.05) is 12.3 Å². The highest BCUT2D eigenvalue weighted by Crippen LogP contribution is 2.17. The topological polar surface area (TPSA) is 48.4 Å². The second-order valence-corrected chi connectivity index (χ2v) is 7.25. The number of carbonyl (C=O) groups excluding carboxylic acids is 1. The van der Waals surface area contributed by atoms with E-state index in [9.17, 15) is 4.79 Å². The van der Waals surface area contributed by atoms with Gasteiger partial charge in [-0.25, -0.2) is 4.79 Å². The van der Waals surface area contributed by atoms with Gasteiger partial charge in [0.05, 0.1) is 5.69 Å². The molecule has 0 saturated carbocycles. The van der Waals surface area contributed by atoms with E-state index in [1.165, 1.54) is 6.08 Å². The van der Waals surface area contributed by atoms with Crippen molar-refractivity contribution in [3.8, 4) is 11.5 Å². The SMILES string of the molecule is O=C(/C=C/c1ccc(OCc2ccccc2)cc1)Oc1ccc(/C=C/c2ccccn2)cc1. The molecule has 3 aromatic carbocycles. The number of pyridine rings is 1. The molecule has 0 N–H and O–H groups in total. The summed E-state index contributed by atoms with van der Waals surface area (Å²) >= 11 is 0. The molecular formula is C29H23NO3. The average molecular weight is 434 g/mol. The van der Waals surface area contributed by atoms with Crippen molar-refractivity contribution in [2.75, 3.05) is 0 Å². The normalized spacial score (nSPS) is 11.0. The van der Waals surface area contributed by atoms with Crippen LogP contribution in [0.4, 0.5) is 0 Å². The maximum Gasteiger partial charge on any atom is 0.336 e. The maximum absolute atomic E-state index is 12.2. The van der Waals surface area contributed by atoms with Crippen LogP contribution in [-0.2, 0) is 11.4 Å². The summed E-state index contributed by atoms with van der Waals surface area (Å²) in [7, 11) is 0. The van der Waals surface area contributed by atoms with Gasteiger partial charge in [-0.1, -0.05) is 66.7 Å². The lowest BCUT2D eigenvalue weighted by Crippen LogP contribution is -2.03. The van der Waals surface area contributed by atoms with E-state index < -0.39 is 5.97 Å². The number of esters is 1. The molecule has 0 aliphatic heterocycles. The van der Waals surface area contributed by atoms with Gasteiger partial charge < -0.3 is 9.47 Å². The Morgan fingerprint density at radius 3 is 2.06 bits per heavy atom. The number of hydrogen-bond donors (Lipinski definition) is 0. The van der Waals surface area contributed by atoms with Gasteiger partial charge in [0.1, 0.15) is 18.1 Å². The molecule has 4 heteroatoms. The van der Waals surface area contributed by atoms with E-state index in [0.29, 0.717) is 12.4 Å². The molecule has 1 heterocycles. The number of ether oxygens (including phenoxy) is 2. The van der Waals surface area contributed by atoms with Crippen LogP contribution in [0.1, 0.15) is 22.4 Å². The van der Waals surface area contributed by atoms with Crippen LogP contribution in [0, 0.1) is 0 Å². The molecule has 0 spiro atoms. The van der Waals surface area contributed by atoms with Crippen LogP contribution in [0.2, 0.25) is 0 Å². The largest absolute Gasteiger partial charge is 0.489 e. The highest BCUT2D eigenvalue weighted by molar-refractivity contribution is 5.88. The Kier molecular flexibility index (Phi) is 7.43. The van der Waals surface area contributed by atoms with Crippen molar-refractivity contribution >= 4 is 24.2 Å². The van der Waals surface area contributed by atoms with Gasteiger partial charge in [-0.3, -0.25) is 4.98 Å². The average Bonchev–Trinajstić information content (AvgIpc) is 2.88. The zero-order valence-electron chi connectivity index (χ0n) is 18.0. The van der Waals surface area contributed by atoms with Gasteiger partial charge in [0.15, 0.2) is 0 Å². The van der Waals surface area contributed by atoms with Crippen molar-refractivity contribution in [1.82, 2.24) is 4.98 Å². The summed E-state index contributed by atoms with van der Waals surface area (Å²) in [5, 5.41) is 0. The third kappa shape index (κ3) is 7.04. The summed E-state index contributed by atoms with van der Waals surface area (Å²) in [6, 6.07) is 30.6. The highest BCUT2D eigenvalue weighted by atomic mass is 16.5. The van der Waals surface area contributed by atoms with Gasteiger partial charge in [-0.05, 0) is 65.2 Å². The van der Waals surface area contributed by atoms with Crippen LogP contribution in [0.25, 0.3) is 18.2 Å². The van der Waals surface area contributed by atoms with E-state index in [1.54, 1.807) is 24.4 Å². The van der Waals surface area contributed by atoms with Gasteiger partial charge in [-0.15, -0.1) is 0 Å². The highest BCUT2D eigenvalue weighted by Gasteiger charge is 2.01. The minimum Gasteiger partial charge on any atom is -0.489 e. The van der Waals surface area contributed by atoms with E-state index in [1.807, 2.05) is 97.1 Å². The number of nitrogens with zero attached hydrogens (tertiary/aromatic N) is 1. The Hall–Kier alpha value is -4.44. The summed E-state index contributed by atoms with van der Waals surface area (Å²) < 4.78 is 11.2. The first-order valence-corrected chi connectivity index (χ1v) is 10.6. The maximum atomic E-state index is 12.2. The van der Waals surface area contributed by atoms with Gasteiger partial charge in [0.2, 0.25) is 0 Å². The zero-order chi connectivity index (χ0) is 22.7. The molecule has 4 rings (SSSR count). The summed E-state index contributed by atoms with van der Waals surface area (Å²) in [4.78, 5) is 16.4. The number of aromatic nitrogens is 1. The quantitative estimate of drug-likeness (QED) is 0.182. The minimum atomic E-state index is -0.434. The molecule has 0 atom stereocenters. The second-order valence-electron chi connectivity index (χ2n) is 7.25. The lowest BCUT2D eigenvalue weighted by Gasteiger charge is -2.06. The molecule has 0 bridgehead atoms. The molecule has 4 nitrogen and oxygen atoms in total. The Morgan fingerprint density at radius 1 is 0.697 bits per heavy atom. The van der Waals surface area contributed by atoms with E-state index >= 15 is 0 Å². The van der Waals surface area contributed by atoms with Gasteiger partial charge in [0.25, 0.3) is 0 Å². The van der Waals surface area contributed by atoms with Crippen LogP contribution in [0.15, 0.2) is 109 Å². The fraction of sp³-hybridized carbons (Fsp3) is 0.0345. The molecule has 0 aliphatic carbocycles. The first-order valence-electron chi connectivity index (χ1n) is 10.6. The fourth-order valence-electron chi connectivity index (χ4n) is 3.03. The molecule has 0 amide bonds. The lowest BCUT2D eigenvalue weighted by atomic mass is 10.2. The van der Waals surface area contributed by atoms with Crippen LogP contribution in [0.3, 0.4) is 0 Å². The van der Waals surface area contributed by atoms with E-state index in [4.69, 9.17) is 9.47 Å². The Labute approximate surface area is 193 Å². The molecule has 33 heavy (non-hydrogen) atoms. The van der Waals surface area contributed by atoms with Crippen molar-refractivity contribution in [3.05, 3.63) is 132 Å². The summed E-state index contributed by atoms with van der Waals surface area (Å²) in [5.41, 5.74) is 3.87. The Bertz CT molecular complexity index is 1210. The van der Waals surface area contributed by atoms with Crippen LogP contribution in [0.5, 0.6) is 11.5 Å². The molecule has 1 aromatic heterocycles. The summed E-state index contributed by atoms with van der Waals surface area (Å²) in [5.74, 6) is 0.830. The van der Waals surface area contributed by atoms with Crippen LogP contribution in [-0.4, -0.2) is 11.0 Å². The molecule has 0 unspecified atom stereocenters. The first-order chi connectivity index (χ1) is 16.2. The Balaban J connectivity index is 1.26. The van der Waals surface area contributed by atoms with Crippen molar-refractivity contribution in [3.63, 3.8) is 0 Å². The predicted molar refractivity (Wildman–Crippen MR) is 131 cm³/mol. The molecule has 0 fully saturated rings. The number of carbonyl (C=O) groups is 1. The third-order valence-corrected chi connectivity index (χ3v) is 4.77. The van der Waals surface area contributed by atoms with Gasteiger partial charge in [-0.2, -0.15) is 0 Å². The van der Waals surface area contributed by atoms with Gasteiger partial charge >= 0.3 is 5.97 Å². The smallest absolute Gasteiger partial charge is 0.336 e. The van der Waals surface area contributed by atoms with Crippen molar-refractivity contribution in [1.29, 1.82) is 0 Å². The fourth-order valence-corrected chi connectivity index (χ4v) is 3.03. The molecule has 4 aromatic rings. The monoisotopic (exact) mass is 433 g/mol. The molecule has 162 valence electrons. The zero-order valence-corrected chi connectivity index (χ0v) is 18.0. The van der Waals surface area contributed by atoms with Crippen molar-refractivity contribution < 1.29 is 14.3 Å². The predicted octanol–water partition coefficient (Wildman–Crippen LogP) is 6.45. The standard InChI is InChI=1S/C29H23NO3/c31-29(33-28-18-12-23(13-19-28)9-15-26-8-4-5-21-30-26)20-14-24-10-16-27(17-11-24)32-22-25-6-2-1-3-7-25/h1-21H,22H2/b15-9+,20-14+. The number of hydrogen-bond acceptors (Lipinski definition) is 4. The minimum absolute atomic E-state index is 0.434. The van der Waals surface area contributed by atoms with E-state index in [-0.39, 0.29) is 0 Å². The van der Waals surface area contributed by atoms with Crippen molar-refractivity contribution in [2.24, 2.45) is 0 Å². The second kappa shape index (κ2) is 11.3.